The van der Waals surface area contributed by atoms with Crippen molar-refractivity contribution in [1.82, 2.24) is 0 Å². The highest BCUT2D eigenvalue weighted by Gasteiger charge is 2.02. The molecule has 0 saturated carbocycles. The standard InChI is InChI=1S/C19H24N2/c1-7-18(16-9-11-17(20-6)12-10-16)21-19(15(4)5)13-8-14(2)3/h7-13,20H,1,4H2,2-3,5-6H3/b19-13+,21-18+. The summed E-state index contributed by atoms with van der Waals surface area (Å²) >= 11 is 0. The van der Waals surface area contributed by atoms with Crippen LogP contribution in [0.5, 0.6) is 0 Å². The van der Waals surface area contributed by atoms with E-state index in [-0.39, 0.29) is 0 Å². The van der Waals surface area contributed by atoms with Crippen molar-refractivity contribution in [2.45, 2.75) is 20.8 Å². The molecule has 0 saturated heterocycles. The molecule has 0 aliphatic rings. The van der Waals surface area contributed by atoms with E-state index in [1.807, 2.05) is 50.4 Å². The summed E-state index contributed by atoms with van der Waals surface area (Å²) in [7, 11) is 1.90. The molecular formula is C19H24N2. The molecule has 0 aliphatic heterocycles. The molecule has 0 aromatic heterocycles. The van der Waals surface area contributed by atoms with Gasteiger partial charge in [0.15, 0.2) is 0 Å². The van der Waals surface area contributed by atoms with E-state index in [1.165, 1.54) is 5.57 Å². The molecule has 1 N–H and O–H groups in total. The maximum atomic E-state index is 4.69. The summed E-state index contributed by atoms with van der Waals surface area (Å²) in [5.41, 5.74) is 5.97. The van der Waals surface area contributed by atoms with E-state index in [2.05, 4.69) is 37.3 Å². The average Bonchev–Trinajstić information content (AvgIpc) is 2.47. The lowest BCUT2D eigenvalue weighted by Crippen LogP contribution is -1.98. The van der Waals surface area contributed by atoms with E-state index >= 15 is 0 Å². The summed E-state index contributed by atoms with van der Waals surface area (Å²) in [5.74, 6) is 0. The molecule has 1 aromatic carbocycles. The van der Waals surface area contributed by atoms with Gasteiger partial charge in [-0.3, -0.25) is 0 Å². The Hall–Kier alpha value is -2.35. The number of hydrogen-bond donors (Lipinski definition) is 1. The van der Waals surface area contributed by atoms with Crippen molar-refractivity contribution in [3.05, 3.63) is 78.1 Å². The van der Waals surface area contributed by atoms with Crippen molar-refractivity contribution in [2.24, 2.45) is 4.99 Å². The fourth-order valence-electron chi connectivity index (χ4n) is 1.69. The molecule has 0 fully saturated rings. The zero-order chi connectivity index (χ0) is 15.8. The van der Waals surface area contributed by atoms with Gasteiger partial charge in [0.05, 0.1) is 11.4 Å². The third-order valence-corrected chi connectivity index (χ3v) is 2.92. The van der Waals surface area contributed by atoms with Crippen LogP contribution in [-0.4, -0.2) is 12.8 Å². The second-order valence-electron chi connectivity index (χ2n) is 5.10. The van der Waals surface area contributed by atoms with Gasteiger partial charge in [-0.15, -0.1) is 0 Å². The molecule has 110 valence electrons. The van der Waals surface area contributed by atoms with Crippen molar-refractivity contribution < 1.29 is 0 Å². The molecule has 0 spiro atoms. The van der Waals surface area contributed by atoms with Crippen LogP contribution < -0.4 is 5.32 Å². The van der Waals surface area contributed by atoms with Gasteiger partial charge < -0.3 is 5.32 Å². The minimum Gasteiger partial charge on any atom is -0.388 e. The normalized spacial score (nSPS) is 11.8. The topological polar surface area (TPSA) is 24.4 Å². The summed E-state index contributed by atoms with van der Waals surface area (Å²) in [5, 5.41) is 3.10. The maximum absolute atomic E-state index is 4.69. The van der Waals surface area contributed by atoms with Gasteiger partial charge in [-0.05, 0) is 50.6 Å². The van der Waals surface area contributed by atoms with E-state index in [4.69, 9.17) is 0 Å². The van der Waals surface area contributed by atoms with Gasteiger partial charge in [-0.2, -0.15) is 0 Å². The van der Waals surface area contributed by atoms with Gasteiger partial charge in [0.2, 0.25) is 0 Å². The number of aliphatic imine (C=N–C) groups is 1. The second-order valence-corrected chi connectivity index (χ2v) is 5.10. The van der Waals surface area contributed by atoms with E-state index in [0.717, 1.165) is 28.2 Å². The fourth-order valence-corrected chi connectivity index (χ4v) is 1.69. The predicted molar refractivity (Wildman–Crippen MR) is 95.1 cm³/mol. The quantitative estimate of drug-likeness (QED) is 0.567. The number of anilines is 1. The van der Waals surface area contributed by atoms with E-state index in [1.54, 1.807) is 6.08 Å². The summed E-state index contributed by atoms with van der Waals surface area (Å²) < 4.78 is 0. The molecule has 0 amide bonds. The van der Waals surface area contributed by atoms with Crippen molar-refractivity contribution in [2.75, 3.05) is 12.4 Å². The Kier molecular flexibility index (Phi) is 6.41. The molecule has 0 radical (unpaired) electrons. The molecule has 0 bridgehead atoms. The first-order valence-electron chi connectivity index (χ1n) is 6.98. The Morgan fingerprint density at radius 2 is 1.71 bits per heavy atom. The molecule has 2 nitrogen and oxygen atoms in total. The van der Waals surface area contributed by atoms with Gasteiger partial charge in [0.25, 0.3) is 0 Å². The number of nitrogens with one attached hydrogen (secondary N) is 1. The average molecular weight is 280 g/mol. The smallest absolute Gasteiger partial charge is 0.0703 e. The lowest BCUT2D eigenvalue weighted by Gasteiger charge is -2.06. The molecule has 1 rings (SSSR count). The van der Waals surface area contributed by atoms with Crippen LogP contribution in [0.25, 0.3) is 0 Å². The molecule has 0 atom stereocenters. The highest BCUT2D eigenvalue weighted by Crippen LogP contribution is 2.15. The van der Waals surface area contributed by atoms with Crippen LogP contribution in [0.15, 0.2) is 77.5 Å². The van der Waals surface area contributed by atoms with Crippen molar-refractivity contribution >= 4 is 11.4 Å². The minimum atomic E-state index is 0.842. The third kappa shape index (κ3) is 5.27. The Morgan fingerprint density at radius 1 is 1.10 bits per heavy atom. The number of nitrogens with zero attached hydrogens (tertiary/aromatic N) is 1. The van der Waals surface area contributed by atoms with E-state index in [9.17, 15) is 0 Å². The summed E-state index contributed by atoms with van der Waals surface area (Å²) in [6.07, 6.45) is 5.80. The fraction of sp³-hybridized carbons (Fsp3) is 0.211. The molecule has 2 heteroatoms. The molecule has 1 aromatic rings. The summed E-state index contributed by atoms with van der Waals surface area (Å²) in [4.78, 5) is 4.69. The summed E-state index contributed by atoms with van der Waals surface area (Å²) in [6.45, 7) is 13.9. The van der Waals surface area contributed by atoms with E-state index < -0.39 is 0 Å². The Bertz CT molecular complexity index is 595. The van der Waals surface area contributed by atoms with Gasteiger partial charge >= 0.3 is 0 Å². The van der Waals surface area contributed by atoms with Crippen LogP contribution in [0.3, 0.4) is 0 Å². The van der Waals surface area contributed by atoms with Gasteiger partial charge in [-0.25, -0.2) is 4.99 Å². The molecule has 0 aliphatic carbocycles. The van der Waals surface area contributed by atoms with Crippen LogP contribution in [0.2, 0.25) is 0 Å². The largest absolute Gasteiger partial charge is 0.388 e. The zero-order valence-corrected chi connectivity index (χ0v) is 13.4. The van der Waals surface area contributed by atoms with Crippen LogP contribution in [0.1, 0.15) is 26.3 Å². The molecule has 0 unspecified atom stereocenters. The maximum Gasteiger partial charge on any atom is 0.0703 e. The Labute approximate surface area is 128 Å². The number of hydrogen-bond acceptors (Lipinski definition) is 2. The second kappa shape index (κ2) is 8.05. The first-order valence-corrected chi connectivity index (χ1v) is 6.98. The van der Waals surface area contributed by atoms with E-state index in [0.29, 0.717) is 0 Å². The van der Waals surface area contributed by atoms with Crippen molar-refractivity contribution in [1.29, 1.82) is 0 Å². The SMILES string of the molecule is C=C/C(=N\C(=C\C=C(C)C)C(=C)C)c1ccc(NC)cc1. The first-order chi connectivity index (χ1) is 9.97. The van der Waals surface area contributed by atoms with Crippen LogP contribution in [-0.2, 0) is 0 Å². The highest BCUT2D eigenvalue weighted by atomic mass is 14.8. The van der Waals surface area contributed by atoms with Crippen LogP contribution >= 0.6 is 0 Å². The summed E-state index contributed by atoms with van der Waals surface area (Å²) in [6, 6.07) is 8.11. The molecule has 21 heavy (non-hydrogen) atoms. The number of benzene rings is 1. The minimum absolute atomic E-state index is 0.842. The van der Waals surface area contributed by atoms with Gasteiger partial charge in [0.1, 0.15) is 0 Å². The number of rotatable bonds is 6. The van der Waals surface area contributed by atoms with Gasteiger partial charge in [-0.1, -0.05) is 36.9 Å². The Balaban J connectivity index is 3.21. The molecule has 0 heterocycles. The molecular weight excluding hydrogens is 256 g/mol. The van der Waals surface area contributed by atoms with Crippen molar-refractivity contribution in [3.63, 3.8) is 0 Å². The number of allylic oxidation sites excluding steroid dienone is 5. The lowest BCUT2D eigenvalue weighted by atomic mass is 10.1. The van der Waals surface area contributed by atoms with Crippen molar-refractivity contribution in [3.8, 4) is 0 Å². The monoisotopic (exact) mass is 280 g/mol. The first kappa shape index (κ1) is 16.7. The van der Waals surface area contributed by atoms with Crippen LogP contribution in [0.4, 0.5) is 5.69 Å². The van der Waals surface area contributed by atoms with Gasteiger partial charge in [0, 0.05) is 18.3 Å². The van der Waals surface area contributed by atoms with Crippen LogP contribution in [0, 0.1) is 0 Å². The predicted octanol–water partition coefficient (Wildman–Crippen LogP) is 5.13. The third-order valence-electron chi connectivity index (χ3n) is 2.92. The lowest BCUT2D eigenvalue weighted by molar-refractivity contribution is 1.28. The Morgan fingerprint density at radius 3 is 2.14 bits per heavy atom. The highest BCUT2D eigenvalue weighted by molar-refractivity contribution is 6.09. The zero-order valence-electron chi connectivity index (χ0n) is 13.4.